The number of aryl methyl sites for hydroxylation is 1. The molecule has 3 heteroatoms. The number of rotatable bonds is 4. The summed E-state index contributed by atoms with van der Waals surface area (Å²) in [6.45, 7) is 5.75. The molecular formula is C19H16FNO. The lowest BCUT2D eigenvalue weighted by atomic mass is 10.0. The molecule has 0 radical (unpaired) electrons. The van der Waals surface area contributed by atoms with Gasteiger partial charge in [-0.25, -0.2) is 9.37 Å². The predicted octanol–water partition coefficient (Wildman–Crippen LogP) is 5.18. The molecule has 110 valence electrons. The SMILES string of the molecule is C=CCc1nc(-c2ccc(F)cc2)c(-c2ccc(C)cc2)o1. The van der Waals surface area contributed by atoms with Crippen molar-refractivity contribution in [3.05, 3.63) is 78.5 Å². The highest BCUT2D eigenvalue weighted by Gasteiger charge is 2.16. The zero-order chi connectivity index (χ0) is 15.5. The predicted molar refractivity (Wildman–Crippen MR) is 86.0 cm³/mol. The average Bonchev–Trinajstić information content (AvgIpc) is 2.93. The van der Waals surface area contributed by atoms with Crippen LogP contribution in [0.2, 0.25) is 0 Å². The standard InChI is InChI=1S/C19H16FNO/c1-3-4-17-21-18(14-9-11-16(20)12-10-14)19(22-17)15-7-5-13(2)6-8-15/h3,5-12H,1,4H2,2H3. The number of hydrogen-bond donors (Lipinski definition) is 0. The Kier molecular flexibility index (Phi) is 3.88. The van der Waals surface area contributed by atoms with E-state index < -0.39 is 0 Å². The van der Waals surface area contributed by atoms with E-state index in [0.717, 1.165) is 16.8 Å². The maximum absolute atomic E-state index is 13.1. The largest absolute Gasteiger partial charge is 0.440 e. The molecule has 0 saturated heterocycles. The Labute approximate surface area is 128 Å². The third-order valence-corrected chi connectivity index (χ3v) is 3.42. The maximum Gasteiger partial charge on any atom is 0.199 e. The summed E-state index contributed by atoms with van der Waals surface area (Å²) in [6, 6.07) is 14.3. The highest BCUT2D eigenvalue weighted by Crippen LogP contribution is 2.33. The summed E-state index contributed by atoms with van der Waals surface area (Å²) in [5.41, 5.74) is 3.68. The highest BCUT2D eigenvalue weighted by atomic mass is 19.1. The van der Waals surface area contributed by atoms with Crippen molar-refractivity contribution in [3.8, 4) is 22.6 Å². The van der Waals surface area contributed by atoms with Gasteiger partial charge in [-0.2, -0.15) is 0 Å². The summed E-state index contributed by atoms with van der Waals surface area (Å²) < 4.78 is 19.0. The van der Waals surface area contributed by atoms with Crippen molar-refractivity contribution in [1.82, 2.24) is 4.98 Å². The summed E-state index contributed by atoms with van der Waals surface area (Å²) in [7, 11) is 0. The van der Waals surface area contributed by atoms with E-state index in [0.29, 0.717) is 18.1 Å². The molecular weight excluding hydrogens is 277 g/mol. The Morgan fingerprint density at radius 1 is 1.05 bits per heavy atom. The number of allylic oxidation sites excluding steroid dienone is 1. The molecule has 22 heavy (non-hydrogen) atoms. The van der Waals surface area contributed by atoms with Gasteiger partial charge in [0.15, 0.2) is 11.7 Å². The first-order chi connectivity index (χ1) is 10.7. The molecule has 0 bridgehead atoms. The second-order valence-electron chi connectivity index (χ2n) is 5.15. The molecule has 0 N–H and O–H groups in total. The van der Waals surface area contributed by atoms with Crippen molar-refractivity contribution in [3.63, 3.8) is 0 Å². The number of benzene rings is 2. The van der Waals surface area contributed by atoms with Crippen molar-refractivity contribution in [2.24, 2.45) is 0 Å². The fourth-order valence-corrected chi connectivity index (χ4v) is 2.28. The number of aromatic nitrogens is 1. The number of nitrogens with zero attached hydrogens (tertiary/aromatic N) is 1. The Balaban J connectivity index is 2.13. The Hall–Kier alpha value is -2.68. The number of oxazole rings is 1. The van der Waals surface area contributed by atoms with Crippen molar-refractivity contribution < 1.29 is 8.81 Å². The number of hydrogen-bond acceptors (Lipinski definition) is 2. The quantitative estimate of drug-likeness (QED) is 0.619. The summed E-state index contributed by atoms with van der Waals surface area (Å²) in [5.74, 6) is 1.03. The molecule has 0 spiro atoms. The molecule has 2 aromatic carbocycles. The van der Waals surface area contributed by atoms with Crippen LogP contribution in [0.15, 0.2) is 65.6 Å². The van der Waals surface area contributed by atoms with Gasteiger partial charge in [0, 0.05) is 17.5 Å². The molecule has 0 aliphatic heterocycles. The van der Waals surface area contributed by atoms with Gasteiger partial charge in [-0.05, 0) is 31.2 Å². The average molecular weight is 293 g/mol. The van der Waals surface area contributed by atoms with E-state index in [2.05, 4.69) is 11.6 Å². The highest BCUT2D eigenvalue weighted by molar-refractivity contribution is 5.76. The summed E-state index contributed by atoms with van der Waals surface area (Å²) in [4.78, 5) is 4.54. The van der Waals surface area contributed by atoms with Crippen molar-refractivity contribution in [1.29, 1.82) is 0 Å². The van der Waals surface area contributed by atoms with Crippen molar-refractivity contribution in [2.45, 2.75) is 13.3 Å². The van der Waals surface area contributed by atoms with Crippen LogP contribution in [0.1, 0.15) is 11.5 Å². The van der Waals surface area contributed by atoms with Crippen LogP contribution < -0.4 is 0 Å². The van der Waals surface area contributed by atoms with Crippen molar-refractivity contribution in [2.75, 3.05) is 0 Å². The summed E-state index contributed by atoms with van der Waals surface area (Å²) in [6.07, 6.45) is 2.30. The van der Waals surface area contributed by atoms with E-state index in [4.69, 9.17) is 4.42 Å². The molecule has 3 aromatic rings. The van der Waals surface area contributed by atoms with Gasteiger partial charge in [0.05, 0.1) is 0 Å². The Morgan fingerprint density at radius 3 is 2.32 bits per heavy atom. The van der Waals surface area contributed by atoms with Gasteiger partial charge in [0.2, 0.25) is 0 Å². The lowest BCUT2D eigenvalue weighted by Gasteiger charge is -2.02. The Bertz CT molecular complexity index is 722. The molecule has 0 saturated carbocycles. The van der Waals surface area contributed by atoms with Crippen LogP contribution in [0.25, 0.3) is 22.6 Å². The second kappa shape index (κ2) is 5.98. The Morgan fingerprint density at radius 2 is 1.68 bits per heavy atom. The van der Waals surface area contributed by atoms with Gasteiger partial charge < -0.3 is 4.42 Å². The first kappa shape index (κ1) is 14.3. The minimum Gasteiger partial charge on any atom is -0.440 e. The zero-order valence-corrected chi connectivity index (χ0v) is 12.3. The van der Waals surface area contributed by atoms with Crippen LogP contribution in [0, 0.1) is 12.7 Å². The fraction of sp³-hybridized carbons (Fsp3) is 0.105. The smallest absolute Gasteiger partial charge is 0.199 e. The molecule has 1 aromatic heterocycles. The van der Waals surface area contributed by atoms with E-state index in [-0.39, 0.29) is 5.82 Å². The van der Waals surface area contributed by atoms with E-state index in [1.165, 1.54) is 17.7 Å². The number of halogens is 1. The third-order valence-electron chi connectivity index (χ3n) is 3.42. The van der Waals surface area contributed by atoms with Crippen LogP contribution in [-0.4, -0.2) is 4.98 Å². The first-order valence-electron chi connectivity index (χ1n) is 7.11. The second-order valence-corrected chi connectivity index (χ2v) is 5.15. The fourth-order valence-electron chi connectivity index (χ4n) is 2.28. The summed E-state index contributed by atoms with van der Waals surface area (Å²) in [5, 5.41) is 0. The molecule has 0 unspecified atom stereocenters. The topological polar surface area (TPSA) is 26.0 Å². The van der Waals surface area contributed by atoms with Gasteiger partial charge in [0.1, 0.15) is 11.5 Å². The maximum atomic E-state index is 13.1. The van der Waals surface area contributed by atoms with Gasteiger partial charge in [-0.3, -0.25) is 0 Å². The van der Waals surface area contributed by atoms with Crippen LogP contribution in [0.5, 0.6) is 0 Å². The van der Waals surface area contributed by atoms with Crippen LogP contribution in [0.3, 0.4) is 0 Å². The van der Waals surface area contributed by atoms with E-state index >= 15 is 0 Å². The van der Waals surface area contributed by atoms with Gasteiger partial charge >= 0.3 is 0 Å². The molecule has 0 amide bonds. The minimum atomic E-state index is -0.268. The minimum absolute atomic E-state index is 0.268. The first-order valence-corrected chi connectivity index (χ1v) is 7.11. The van der Waals surface area contributed by atoms with E-state index in [9.17, 15) is 4.39 Å². The van der Waals surface area contributed by atoms with Crippen LogP contribution in [0.4, 0.5) is 4.39 Å². The lowest BCUT2D eigenvalue weighted by molar-refractivity contribution is 0.522. The molecule has 0 atom stereocenters. The van der Waals surface area contributed by atoms with Gasteiger partial charge in [-0.15, -0.1) is 6.58 Å². The molecule has 2 nitrogen and oxygen atoms in total. The normalized spacial score (nSPS) is 10.6. The molecule has 0 fully saturated rings. The molecule has 1 heterocycles. The molecule has 3 rings (SSSR count). The van der Waals surface area contributed by atoms with Crippen molar-refractivity contribution >= 4 is 0 Å². The monoisotopic (exact) mass is 293 g/mol. The zero-order valence-electron chi connectivity index (χ0n) is 12.3. The third kappa shape index (κ3) is 2.84. The molecule has 0 aliphatic rings. The summed E-state index contributed by atoms with van der Waals surface area (Å²) >= 11 is 0. The van der Waals surface area contributed by atoms with Gasteiger partial charge in [0.25, 0.3) is 0 Å². The van der Waals surface area contributed by atoms with Crippen LogP contribution >= 0.6 is 0 Å². The van der Waals surface area contributed by atoms with E-state index in [1.54, 1.807) is 18.2 Å². The lowest BCUT2D eigenvalue weighted by Crippen LogP contribution is -1.84. The van der Waals surface area contributed by atoms with Gasteiger partial charge in [-0.1, -0.05) is 35.9 Å². The molecule has 0 aliphatic carbocycles. The van der Waals surface area contributed by atoms with Crippen LogP contribution in [-0.2, 0) is 6.42 Å². The van der Waals surface area contributed by atoms with E-state index in [1.807, 2.05) is 31.2 Å².